The summed E-state index contributed by atoms with van der Waals surface area (Å²) in [5.41, 5.74) is 3.61. The van der Waals surface area contributed by atoms with E-state index < -0.39 is 0 Å². The Morgan fingerprint density at radius 2 is 1.89 bits per heavy atom. The van der Waals surface area contributed by atoms with Crippen LogP contribution < -0.4 is 20.4 Å². The van der Waals surface area contributed by atoms with Gasteiger partial charge in [-0.3, -0.25) is 0 Å². The van der Waals surface area contributed by atoms with Crippen molar-refractivity contribution in [1.29, 1.82) is 0 Å². The Balaban J connectivity index is 1.68. The molecule has 0 spiro atoms. The molecule has 1 aromatic carbocycles. The predicted molar refractivity (Wildman–Crippen MR) is 124 cm³/mol. The highest BCUT2D eigenvalue weighted by molar-refractivity contribution is 7.80. The molecule has 1 aromatic heterocycles. The van der Waals surface area contributed by atoms with Crippen LogP contribution in [-0.2, 0) is 0 Å². The first-order valence-electron chi connectivity index (χ1n) is 10.3. The third kappa shape index (κ3) is 5.11. The summed E-state index contributed by atoms with van der Waals surface area (Å²) in [6, 6.07) is 11.4. The molecular formula is C22H34N4S2+2. The van der Waals surface area contributed by atoms with Gasteiger partial charge in [0.25, 0.3) is 0 Å². The number of rotatable bonds is 6. The highest BCUT2D eigenvalue weighted by Crippen LogP contribution is 2.21. The molecule has 0 saturated carbocycles. The number of thiocarbonyl (C=S) groups is 1. The number of aryl methyl sites for hydroxylation is 1. The Labute approximate surface area is 178 Å². The normalized spacial score (nSPS) is 21.7. The molecule has 0 unspecified atom stereocenters. The molecule has 3 rings (SSSR count). The van der Waals surface area contributed by atoms with Gasteiger partial charge in [-0.25, -0.2) is 0 Å². The number of nitrogens with one attached hydrogen (secondary N) is 4. The van der Waals surface area contributed by atoms with Crippen LogP contribution in [0.5, 0.6) is 0 Å². The highest BCUT2D eigenvalue weighted by atomic mass is 32.1. The number of likely N-dealkylation sites (N-methyl/N-ethyl adjacent to an activating group) is 1. The molecule has 0 bridgehead atoms. The molecule has 1 aliphatic rings. The molecule has 1 fully saturated rings. The number of thiophene rings is 1. The van der Waals surface area contributed by atoms with Crippen molar-refractivity contribution in [2.24, 2.45) is 0 Å². The molecule has 28 heavy (non-hydrogen) atoms. The van der Waals surface area contributed by atoms with Crippen LogP contribution in [0.25, 0.3) is 0 Å². The van der Waals surface area contributed by atoms with Gasteiger partial charge >= 0.3 is 0 Å². The quantitative estimate of drug-likeness (QED) is 0.538. The Morgan fingerprint density at radius 1 is 1.14 bits per heavy atom. The molecular weight excluding hydrogens is 384 g/mol. The molecule has 0 aliphatic carbocycles. The van der Waals surface area contributed by atoms with Crippen LogP contribution in [0.2, 0.25) is 0 Å². The van der Waals surface area contributed by atoms with E-state index in [1.165, 1.54) is 48.7 Å². The van der Waals surface area contributed by atoms with Crippen molar-refractivity contribution in [3.63, 3.8) is 0 Å². The standard InChI is InChI=1S/C22H32N4S2/c1-5-25-11-13-26(14-12-25)21(20-10-7-15-28-20)18(4)23-22(27)24-19-9-6-8-16(2)17(19)3/h6-10,15,18,21H,5,11-14H2,1-4H3,(H2,23,24,27)/p+2/t18-,21-/m1/s1. The number of anilines is 1. The lowest BCUT2D eigenvalue weighted by atomic mass is 10.0. The predicted octanol–water partition coefficient (Wildman–Crippen LogP) is 1.58. The van der Waals surface area contributed by atoms with Gasteiger partial charge in [0, 0.05) is 5.69 Å². The molecule has 2 heterocycles. The second-order valence-electron chi connectivity index (χ2n) is 7.89. The van der Waals surface area contributed by atoms with Crippen molar-refractivity contribution in [2.45, 2.75) is 39.8 Å². The van der Waals surface area contributed by atoms with Gasteiger partial charge in [-0.1, -0.05) is 18.2 Å². The summed E-state index contributed by atoms with van der Waals surface area (Å²) in [6.07, 6.45) is 0. The number of hydrogen-bond acceptors (Lipinski definition) is 2. The van der Waals surface area contributed by atoms with E-state index >= 15 is 0 Å². The fraction of sp³-hybridized carbons (Fsp3) is 0.500. The van der Waals surface area contributed by atoms with Crippen LogP contribution >= 0.6 is 23.6 Å². The van der Waals surface area contributed by atoms with Gasteiger partial charge in [0.05, 0.1) is 17.5 Å². The van der Waals surface area contributed by atoms with Crippen LogP contribution in [0.1, 0.15) is 35.9 Å². The van der Waals surface area contributed by atoms with E-state index in [0.717, 1.165) is 5.69 Å². The second kappa shape index (κ2) is 9.83. The molecule has 152 valence electrons. The van der Waals surface area contributed by atoms with Gasteiger partial charge in [-0.2, -0.15) is 0 Å². The first kappa shape index (κ1) is 21.2. The Morgan fingerprint density at radius 3 is 2.54 bits per heavy atom. The maximum atomic E-state index is 5.67. The van der Waals surface area contributed by atoms with Crippen LogP contribution in [0.3, 0.4) is 0 Å². The van der Waals surface area contributed by atoms with Crippen LogP contribution in [0, 0.1) is 13.8 Å². The summed E-state index contributed by atoms with van der Waals surface area (Å²) in [5.74, 6) is 0. The Bertz CT molecular complexity index is 767. The van der Waals surface area contributed by atoms with Crippen LogP contribution in [-0.4, -0.2) is 43.9 Å². The minimum absolute atomic E-state index is 0.266. The van der Waals surface area contributed by atoms with Crippen molar-refractivity contribution >= 4 is 34.4 Å². The van der Waals surface area contributed by atoms with Gasteiger partial charge < -0.3 is 20.4 Å². The van der Waals surface area contributed by atoms with E-state index in [1.807, 2.05) is 11.3 Å². The minimum Gasteiger partial charge on any atom is -0.354 e. The molecule has 2 aromatic rings. The van der Waals surface area contributed by atoms with Crippen molar-refractivity contribution in [3.8, 4) is 0 Å². The monoisotopic (exact) mass is 418 g/mol. The lowest BCUT2D eigenvalue weighted by molar-refractivity contribution is -1.03. The van der Waals surface area contributed by atoms with Crippen LogP contribution in [0.15, 0.2) is 35.7 Å². The summed E-state index contributed by atoms with van der Waals surface area (Å²) >= 11 is 7.53. The highest BCUT2D eigenvalue weighted by Gasteiger charge is 2.34. The summed E-state index contributed by atoms with van der Waals surface area (Å²) in [7, 11) is 0. The van der Waals surface area contributed by atoms with Crippen molar-refractivity contribution in [1.82, 2.24) is 5.32 Å². The van der Waals surface area contributed by atoms with Gasteiger partial charge in [-0.15, -0.1) is 11.3 Å². The summed E-state index contributed by atoms with van der Waals surface area (Å²) < 4.78 is 0. The summed E-state index contributed by atoms with van der Waals surface area (Å²) in [6.45, 7) is 15.0. The van der Waals surface area contributed by atoms with E-state index in [9.17, 15) is 0 Å². The zero-order valence-electron chi connectivity index (χ0n) is 17.5. The fourth-order valence-electron chi connectivity index (χ4n) is 4.19. The maximum absolute atomic E-state index is 5.67. The lowest BCUT2D eigenvalue weighted by Gasteiger charge is -2.37. The maximum Gasteiger partial charge on any atom is 0.171 e. The van der Waals surface area contributed by atoms with Gasteiger partial charge in [-0.05, 0) is 68.6 Å². The van der Waals surface area contributed by atoms with Gasteiger partial charge in [0.15, 0.2) is 5.11 Å². The summed E-state index contributed by atoms with van der Waals surface area (Å²) in [5, 5.41) is 9.89. The zero-order chi connectivity index (χ0) is 20.1. The average molecular weight is 419 g/mol. The molecule has 1 saturated heterocycles. The second-order valence-corrected chi connectivity index (χ2v) is 9.28. The first-order chi connectivity index (χ1) is 13.5. The average Bonchev–Trinajstić information content (AvgIpc) is 3.20. The molecule has 0 amide bonds. The Kier molecular flexibility index (Phi) is 7.46. The van der Waals surface area contributed by atoms with Gasteiger partial charge in [0.1, 0.15) is 32.2 Å². The Hall–Kier alpha value is -1.47. The largest absolute Gasteiger partial charge is 0.354 e. The van der Waals surface area contributed by atoms with E-state index in [4.69, 9.17) is 12.2 Å². The SMILES string of the molecule is CC[NH+]1CC[NH+]([C@@H](c2cccs2)[C@@H](C)NC(=S)Nc2cccc(C)c2C)CC1. The molecule has 4 N–H and O–H groups in total. The third-order valence-electron chi connectivity index (χ3n) is 6.10. The molecule has 2 atom stereocenters. The minimum atomic E-state index is 0.266. The van der Waals surface area contributed by atoms with Crippen molar-refractivity contribution in [3.05, 3.63) is 51.7 Å². The van der Waals surface area contributed by atoms with E-state index in [-0.39, 0.29) is 6.04 Å². The smallest absolute Gasteiger partial charge is 0.171 e. The van der Waals surface area contributed by atoms with Crippen LogP contribution in [0.4, 0.5) is 5.69 Å². The topological polar surface area (TPSA) is 32.9 Å². The van der Waals surface area contributed by atoms with E-state index in [0.29, 0.717) is 11.2 Å². The van der Waals surface area contributed by atoms with Gasteiger partial charge in [0.2, 0.25) is 0 Å². The number of quaternary nitrogens is 2. The summed E-state index contributed by atoms with van der Waals surface area (Å²) in [4.78, 5) is 4.85. The van der Waals surface area contributed by atoms with E-state index in [2.05, 4.69) is 74.0 Å². The number of piperazine rings is 1. The molecule has 4 nitrogen and oxygen atoms in total. The molecule has 6 heteroatoms. The lowest BCUT2D eigenvalue weighted by Crippen LogP contribution is -3.28. The van der Waals surface area contributed by atoms with Crippen molar-refractivity contribution in [2.75, 3.05) is 38.0 Å². The number of hydrogen-bond donors (Lipinski definition) is 4. The van der Waals surface area contributed by atoms with Crippen molar-refractivity contribution < 1.29 is 9.80 Å². The van der Waals surface area contributed by atoms with E-state index in [1.54, 1.807) is 9.80 Å². The zero-order valence-corrected chi connectivity index (χ0v) is 19.1. The molecule has 1 aliphatic heterocycles. The number of benzene rings is 1. The molecule has 0 radical (unpaired) electrons. The first-order valence-corrected chi connectivity index (χ1v) is 11.6. The fourth-order valence-corrected chi connectivity index (χ4v) is 5.48. The third-order valence-corrected chi connectivity index (χ3v) is 7.28.